The molecule has 1 aromatic rings. The fraction of sp³-hybridized carbons (Fsp3) is 0.533. The number of ether oxygens (including phenoxy) is 1. The van der Waals surface area contributed by atoms with Gasteiger partial charge in [-0.05, 0) is 31.9 Å². The van der Waals surface area contributed by atoms with Gasteiger partial charge in [-0.25, -0.2) is 8.42 Å². The molecule has 0 radical (unpaired) electrons. The summed E-state index contributed by atoms with van der Waals surface area (Å²) in [4.78, 5) is 12.3. The number of hydrogen-bond acceptors (Lipinski definition) is 4. The molecule has 1 aliphatic rings. The van der Waals surface area contributed by atoms with Gasteiger partial charge >= 0.3 is 0 Å². The fourth-order valence-electron chi connectivity index (χ4n) is 2.60. The van der Waals surface area contributed by atoms with Crippen LogP contribution in [-0.4, -0.2) is 31.8 Å². The topological polar surface area (TPSA) is 60.4 Å². The number of carbonyl (C=O) groups is 1. The van der Waals surface area contributed by atoms with Crippen molar-refractivity contribution in [2.24, 2.45) is 0 Å². The molecule has 0 aromatic heterocycles. The van der Waals surface area contributed by atoms with Crippen molar-refractivity contribution in [2.45, 2.75) is 37.9 Å². The van der Waals surface area contributed by atoms with Crippen molar-refractivity contribution in [3.8, 4) is 5.75 Å². The Bertz CT molecular complexity index is 571. The predicted octanol–water partition coefficient (Wildman–Crippen LogP) is 2.63. The van der Waals surface area contributed by atoms with Gasteiger partial charge in [-0.2, -0.15) is 0 Å². The number of carbonyl (C=O) groups excluding carboxylic acids is 1. The average Bonchev–Trinajstić information content (AvgIpc) is 2.94. The van der Waals surface area contributed by atoms with Crippen molar-refractivity contribution in [2.75, 3.05) is 12.4 Å². The zero-order valence-electron chi connectivity index (χ0n) is 11.7. The van der Waals surface area contributed by atoms with Gasteiger partial charge in [-0.15, -0.1) is 0 Å². The van der Waals surface area contributed by atoms with Crippen LogP contribution in [0.2, 0.25) is 0 Å². The van der Waals surface area contributed by atoms with Crippen LogP contribution in [0, 0.1) is 0 Å². The zero-order valence-corrected chi connectivity index (χ0v) is 12.5. The second-order valence-corrected chi connectivity index (χ2v) is 7.35. The lowest BCUT2D eigenvalue weighted by Crippen LogP contribution is -2.26. The minimum Gasteiger partial charge on any atom is -0.493 e. The zero-order chi connectivity index (χ0) is 14.6. The van der Waals surface area contributed by atoms with Crippen LogP contribution >= 0.6 is 0 Å². The summed E-state index contributed by atoms with van der Waals surface area (Å²) in [5.74, 6) is -0.329. The lowest BCUT2D eigenvalue weighted by molar-refractivity contribution is 0.101. The third kappa shape index (κ3) is 3.39. The van der Waals surface area contributed by atoms with E-state index in [1.807, 2.05) is 6.92 Å². The number of benzene rings is 1. The predicted molar refractivity (Wildman–Crippen MR) is 78.0 cm³/mol. The molecular formula is C15H20O4S. The molecule has 1 saturated carbocycles. The standard InChI is InChI=1S/C15H20O4S/c1-2-19-15-10-6-5-9-13(15)14(16)11-20(17,18)12-7-3-4-8-12/h5-6,9-10,12H,2-4,7-8,11H2,1H3. The minimum absolute atomic E-state index is 0.342. The van der Waals surface area contributed by atoms with Crippen molar-refractivity contribution >= 4 is 15.6 Å². The van der Waals surface area contributed by atoms with E-state index in [9.17, 15) is 13.2 Å². The molecule has 4 nitrogen and oxygen atoms in total. The third-order valence-corrected chi connectivity index (χ3v) is 5.78. The highest BCUT2D eigenvalue weighted by Crippen LogP contribution is 2.26. The maximum Gasteiger partial charge on any atom is 0.181 e. The molecule has 0 saturated heterocycles. The maximum atomic E-state index is 12.3. The van der Waals surface area contributed by atoms with Crippen LogP contribution in [-0.2, 0) is 9.84 Å². The van der Waals surface area contributed by atoms with E-state index >= 15 is 0 Å². The summed E-state index contributed by atoms with van der Waals surface area (Å²) in [5, 5.41) is -0.342. The molecule has 0 heterocycles. The van der Waals surface area contributed by atoms with Crippen LogP contribution in [0.1, 0.15) is 43.0 Å². The summed E-state index contributed by atoms with van der Waals surface area (Å²) in [6, 6.07) is 6.81. The fourth-order valence-corrected chi connectivity index (χ4v) is 4.41. The molecular weight excluding hydrogens is 276 g/mol. The van der Waals surface area contributed by atoms with Crippen molar-refractivity contribution < 1.29 is 17.9 Å². The van der Waals surface area contributed by atoms with Gasteiger partial charge in [0.05, 0.1) is 17.4 Å². The van der Waals surface area contributed by atoms with Crippen LogP contribution in [0.25, 0.3) is 0 Å². The molecule has 1 fully saturated rings. The van der Waals surface area contributed by atoms with E-state index in [2.05, 4.69) is 0 Å². The second kappa shape index (κ2) is 6.39. The Hall–Kier alpha value is -1.36. The number of rotatable bonds is 6. The number of ketones is 1. The van der Waals surface area contributed by atoms with Crippen LogP contribution in [0.15, 0.2) is 24.3 Å². The first-order chi connectivity index (χ1) is 9.54. The van der Waals surface area contributed by atoms with Gasteiger partial charge in [-0.1, -0.05) is 25.0 Å². The molecule has 0 aliphatic heterocycles. The first-order valence-electron chi connectivity index (χ1n) is 7.01. The first kappa shape index (κ1) is 15.0. The smallest absolute Gasteiger partial charge is 0.181 e. The monoisotopic (exact) mass is 296 g/mol. The van der Waals surface area contributed by atoms with Gasteiger partial charge in [0.25, 0.3) is 0 Å². The molecule has 0 bridgehead atoms. The molecule has 0 spiro atoms. The van der Waals surface area contributed by atoms with Crippen molar-refractivity contribution in [1.29, 1.82) is 0 Å². The van der Waals surface area contributed by atoms with Gasteiger partial charge in [0.15, 0.2) is 15.6 Å². The second-order valence-electron chi connectivity index (χ2n) is 5.07. The summed E-state index contributed by atoms with van der Waals surface area (Å²) < 4.78 is 29.8. The van der Waals surface area contributed by atoms with E-state index in [4.69, 9.17) is 4.74 Å². The Kier molecular flexibility index (Phi) is 4.81. The van der Waals surface area contributed by atoms with Crippen LogP contribution in [0.4, 0.5) is 0 Å². The quantitative estimate of drug-likeness (QED) is 0.757. The average molecular weight is 296 g/mol. The van der Waals surface area contributed by atoms with Gasteiger partial charge in [-0.3, -0.25) is 4.79 Å². The number of sulfone groups is 1. The van der Waals surface area contributed by atoms with Crippen molar-refractivity contribution in [3.05, 3.63) is 29.8 Å². The first-order valence-corrected chi connectivity index (χ1v) is 8.72. The molecule has 0 atom stereocenters. The normalized spacial score (nSPS) is 16.2. The number of hydrogen-bond donors (Lipinski definition) is 0. The summed E-state index contributed by atoms with van der Waals surface area (Å²) in [6.07, 6.45) is 3.24. The Morgan fingerprint density at radius 1 is 1.25 bits per heavy atom. The molecule has 1 aliphatic carbocycles. The van der Waals surface area contributed by atoms with E-state index < -0.39 is 15.6 Å². The van der Waals surface area contributed by atoms with Crippen LogP contribution in [0.5, 0.6) is 5.75 Å². The van der Waals surface area contributed by atoms with Gasteiger partial charge in [0, 0.05) is 0 Å². The highest BCUT2D eigenvalue weighted by atomic mass is 32.2. The van der Waals surface area contributed by atoms with Crippen LogP contribution < -0.4 is 4.74 Å². The number of Topliss-reactive ketones (excluding diaryl/α,β-unsaturated/α-hetero) is 1. The number of para-hydroxylation sites is 1. The van der Waals surface area contributed by atoms with E-state index in [0.717, 1.165) is 12.8 Å². The van der Waals surface area contributed by atoms with Gasteiger partial charge in [0.1, 0.15) is 11.5 Å². The van der Waals surface area contributed by atoms with E-state index in [1.165, 1.54) is 0 Å². The summed E-state index contributed by atoms with van der Waals surface area (Å²) in [6.45, 7) is 2.27. The molecule has 0 N–H and O–H groups in total. The lowest BCUT2D eigenvalue weighted by Gasteiger charge is -2.12. The van der Waals surface area contributed by atoms with Crippen LogP contribution in [0.3, 0.4) is 0 Å². The minimum atomic E-state index is -3.34. The SMILES string of the molecule is CCOc1ccccc1C(=O)CS(=O)(=O)C1CCCC1. The highest BCUT2D eigenvalue weighted by molar-refractivity contribution is 7.92. The Morgan fingerprint density at radius 3 is 2.55 bits per heavy atom. The van der Waals surface area contributed by atoms with Gasteiger partial charge in [0.2, 0.25) is 0 Å². The Morgan fingerprint density at radius 2 is 1.90 bits per heavy atom. The van der Waals surface area contributed by atoms with Crippen molar-refractivity contribution in [3.63, 3.8) is 0 Å². The molecule has 1 aromatic carbocycles. The van der Waals surface area contributed by atoms with E-state index in [0.29, 0.717) is 30.8 Å². The summed E-state index contributed by atoms with van der Waals surface area (Å²) in [5.41, 5.74) is 0.357. The summed E-state index contributed by atoms with van der Waals surface area (Å²) in [7, 11) is -3.34. The molecule has 2 rings (SSSR count). The molecule has 20 heavy (non-hydrogen) atoms. The molecule has 110 valence electrons. The largest absolute Gasteiger partial charge is 0.493 e. The Balaban J connectivity index is 2.16. The van der Waals surface area contributed by atoms with Gasteiger partial charge < -0.3 is 4.74 Å². The maximum absolute atomic E-state index is 12.3. The van der Waals surface area contributed by atoms with E-state index in [1.54, 1.807) is 24.3 Å². The summed E-state index contributed by atoms with van der Waals surface area (Å²) >= 11 is 0. The lowest BCUT2D eigenvalue weighted by atomic mass is 10.1. The van der Waals surface area contributed by atoms with E-state index in [-0.39, 0.29) is 11.0 Å². The molecule has 5 heteroatoms. The van der Waals surface area contributed by atoms with Crippen molar-refractivity contribution in [1.82, 2.24) is 0 Å². The highest BCUT2D eigenvalue weighted by Gasteiger charge is 2.31. The molecule has 0 amide bonds. The Labute approximate surface area is 120 Å². The molecule has 0 unspecified atom stereocenters. The third-order valence-electron chi connectivity index (χ3n) is 3.63.